The van der Waals surface area contributed by atoms with E-state index in [2.05, 4.69) is 0 Å². The first kappa shape index (κ1) is 25.0. The summed E-state index contributed by atoms with van der Waals surface area (Å²) in [5.74, 6) is 0. The van der Waals surface area contributed by atoms with Gasteiger partial charge in [0.2, 0.25) is 0 Å². The Morgan fingerprint density at radius 1 is 1.29 bits per heavy atom. The van der Waals surface area contributed by atoms with Gasteiger partial charge in [-0.1, -0.05) is 0 Å². The molecular weight excluding hydrogens is 368 g/mol. The zero-order chi connectivity index (χ0) is 3.58. The predicted molar refractivity (Wildman–Crippen MR) is 15.7 cm³/mol. The molecule has 0 aliphatic carbocycles. The van der Waals surface area contributed by atoms with Crippen LogP contribution < -0.4 is 6.15 Å². The molecule has 5 N–H and O–H groups in total. The van der Waals surface area contributed by atoms with E-state index in [1.54, 1.807) is 0 Å². The van der Waals surface area contributed by atoms with Crippen molar-refractivity contribution in [2.75, 3.05) is 0 Å². The Morgan fingerprint density at radius 3 is 1.29 bits per heavy atom. The molecule has 0 saturated carbocycles. The average Bonchev–Trinajstić information content (AvgIpc) is 0.811. The van der Waals surface area contributed by atoms with Gasteiger partial charge in [-0.3, -0.25) is 0 Å². The smallest absolute Gasteiger partial charge is 0.450 e. The van der Waals surface area contributed by atoms with Gasteiger partial charge in [0.25, 0.3) is 0 Å². The minimum Gasteiger partial charge on any atom is -0.450 e. The number of carbonyl (C=O) groups is 1. The molecule has 0 rings (SSSR count). The van der Waals surface area contributed by atoms with E-state index in [1.807, 2.05) is 0 Å². The molecule has 0 aliphatic rings. The van der Waals surface area contributed by atoms with Gasteiger partial charge >= 0.3 is 6.16 Å². The molecule has 0 aliphatic heterocycles. The first-order valence-electron chi connectivity index (χ1n) is 0.651. The quantitative estimate of drug-likeness (QED) is 0.536. The van der Waals surface area contributed by atoms with E-state index < -0.39 is 6.16 Å². The molecule has 0 bridgehead atoms. The Hall–Kier alpha value is 0.801. The van der Waals surface area contributed by atoms with Crippen LogP contribution in [0.4, 0.5) is 4.79 Å². The molecule has 0 spiro atoms. The Labute approximate surface area is 75.1 Å². The molecule has 0 radical (unpaired) electrons. The third kappa shape index (κ3) is 244. The third-order valence-electron chi connectivity index (χ3n) is 0. The summed E-state index contributed by atoms with van der Waals surface area (Å²) in [4.78, 5) is 8.56. The van der Waals surface area contributed by atoms with Gasteiger partial charge in [-0.15, -0.1) is 0 Å². The molecule has 44 valence electrons. The fourth-order valence-corrected chi connectivity index (χ4v) is 0. The van der Waals surface area contributed by atoms with Crippen LogP contribution in [0.5, 0.6) is 0 Å². The molecule has 7 heavy (non-hydrogen) atoms. The minimum absolute atomic E-state index is 0. The van der Waals surface area contributed by atoms with Gasteiger partial charge < -0.3 is 16.4 Å². The van der Waals surface area contributed by atoms with E-state index in [9.17, 15) is 0 Å². The Kier molecular flexibility index (Phi) is 56.5. The summed E-state index contributed by atoms with van der Waals surface area (Å²) < 4.78 is 0. The first-order valence-corrected chi connectivity index (χ1v) is 0.651. The zero-order valence-corrected chi connectivity index (χ0v) is 8.63. The van der Waals surface area contributed by atoms with Crippen LogP contribution in [-0.2, 0) is 17.1 Å². The molecule has 6 heteroatoms. The molecule has 0 aromatic carbocycles. The van der Waals surface area contributed by atoms with Crippen molar-refractivity contribution in [1.29, 1.82) is 0 Å². The second kappa shape index (κ2) is 15.8. The summed E-state index contributed by atoms with van der Waals surface area (Å²) in [6.07, 6.45) is -1.83. The topological polar surface area (TPSA) is 92.5 Å². The Balaban J connectivity index is -0.0000000150. The van der Waals surface area contributed by atoms with Crippen molar-refractivity contribution >= 4 is 6.16 Å². The Bertz CT molecular complexity index is 37.9. The fourth-order valence-electron chi connectivity index (χ4n) is 0. The van der Waals surface area contributed by atoms with Crippen molar-refractivity contribution in [2.45, 2.75) is 0 Å². The first-order chi connectivity index (χ1) is 1.73. The van der Waals surface area contributed by atoms with Crippen molar-refractivity contribution < 1.29 is 63.2 Å². The predicted octanol–water partition coefficient (Wildman–Crippen LogP) is 0.382. The summed E-state index contributed by atoms with van der Waals surface area (Å²) >= 11 is 0. The van der Waals surface area contributed by atoms with Gasteiger partial charge in [0.1, 0.15) is 0 Å². The molecule has 0 heterocycles. The van der Waals surface area contributed by atoms with E-state index in [0.717, 1.165) is 0 Å². The minimum atomic E-state index is -1.83. The monoisotopic (exact) mass is 373 g/mol. The molecule has 0 atom stereocenters. The maximum absolute atomic E-state index is 8.56. The van der Waals surface area contributed by atoms with Crippen molar-refractivity contribution in [1.82, 2.24) is 6.15 Å². The summed E-state index contributed by atoms with van der Waals surface area (Å²) in [5, 5.41) is 13.9. The second-order valence-corrected chi connectivity index (χ2v) is 0.283. The normalized spacial score (nSPS) is 3.43. The van der Waals surface area contributed by atoms with Gasteiger partial charge in [0, 0.05) is 48.2 Å². The molecule has 0 fully saturated rings. The van der Waals surface area contributed by atoms with Crippen LogP contribution in [0.25, 0.3) is 0 Å². The number of rotatable bonds is 0. The average molecular weight is 373 g/mol. The van der Waals surface area contributed by atoms with Gasteiger partial charge in [0.05, 0.1) is 0 Å². The molecule has 0 unspecified atom stereocenters. The number of hydrogen-bond acceptors (Lipinski definition) is 2. The summed E-state index contributed by atoms with van der Waals surface area (Å²) in [7, 11) is 0. The van der Waals surface area contributed by atoms with Crippen molar-refractivity contribution in [3.8, 4) is 0 Å². The fraction of sp³-hybridized carbons (Fsp3) is 0. The van der Waals surface area contributed by atoms with E-state index in [4.69, 9.17) is 15.0 Å². The maximum Gasteiger partial charge on any atom is 0.503 e. The van der Waals surface area contributed by atoms with E-state index in [-0.39, 0.29) is 54.3 Å². The molecule has 0 aromatic rings. The van der Waals surface area contributed by atoms with Crippen molar-refractivity contribution in [3.63, 3.8) is 0 Å². The Morgan fingerprint density at radius 2 is 1.29 bits per heavy atom. The summed E-state index contributed by atoms with van der Waals surface area (Å²) in [6, 6.07) is 0. The standard InChI is InChI=1S/CH2O3.Fe.H3N.U/c2-1(3)4;;;/h(H2,2,3,4);;1H3;. The van der Waals surface area contributed by atoms with Crippen LogP contribution in [0.2, 0.25) is 0 Å². The van der Waals surface area contributed by atoms with Crippen LogP contribution in [0, 0.1) is 31.1 Å². The summed E-state index contributed by atoms with van der Waals surface area (Å²) in [6.45, 7) is 0. The molecular formula is CH5FeNO3U. The van der Waals surface area contributed by atoms with Crippen LogP contribution in [0.3, 0.4) is 0 Å². The molecule has 4 nitrogen and oxygen atoms in total. The van der Waals surface area contributed by atoms with E-state index in [0.29, 0.717) is 0 Å². The van der Waals surface area contributed by atoms with E-state index >= 15 is 0 Å². The zero-order valence-electron chi connectivity index (χ0n) is 3.36. The number of hydrogen-bond donors (Lipinski definition) is 3. The largest absolute Gasteiger partial charge is 0.503 e. The maximum atomic E-state index is 8.56. The van der Waals surface area contributed by atoms with Crippen LogP contribution in [0.1, 0.15) is 0 Å². The molecule has 0 saturated heterocycles. The van der Waals surface area contributed by atoms with Gasteiger partial charge in [-0.2, -0.15) is 0 Å². The van der Waals surface area contributed by atoms with E-state index in [1.165, 1.54) is 0 Å². The second-order valence-electron chi connectivity index (χ2n) is 0.283. The van der Waals surface area contributed by atoms with Gasteiger partial charge in [-0.05, 0) is 0 Å². The molecule has 0 amide bonds. The van der Waals surface area contributed by atoms with Crippen molar-refractivity contribution in [3.05, 3.63) is 0 Å². The van der Waals surface area contributed by atoms with Crippen LogP contribution in [-0.4, -0.2) is 16.4 Å². The third-order valence-corrected chi connectivity index (χ3v) is 0. The van der Waals surface area contributed by atoms with Crippen molar-refractivity contribution in [2.24, 2.45) is 0 Å². The van der Waals surface area contributed by atoms with Gasteiger partial charge in [-0.25, -0.2) is 4.79 Å². The molecule has 0 aromatic heterocycles. The SMILES string of the molecule is N.O=C(O)O.[Fe].[U]. The van der Waals surface area contributed by atoms with Crippen LogP contribution >= 0.6 is 0 Å². The van der Waals surface area contributed by atoms with Crippen LogP contribution in [0.15, 0.2) is 0 Å². The summed E-state index contributed by atoms with van der Waals surface area (Å²) in [5.41, 5.74) is 0. The number of carboxylic acid groups (broad SMARTS) is 2. The van der Waals surface area contributed by atoms with Gasteiger partial charge in [0.15, 0.2) is 0 Å².